The first kappa shape index (κ1) is 15.9. The maximum Gasteiger partial charge on any atom is 0.278 e. The van der Waals surface area contributed by atoms with Gasteiger partial charge in [-0.3, -0.25) is 4.79 Å². The first-order valence-electron chi connectivity index (χ1n) is 6.84. The van der Waals surface area contributed by atoms with Crippen LogP contribution in [-0.2, 0) is 15.0 Å². The van der Waals surface area contributed by atoms with Gasteiger partial charge in [-0.25, -0.2) is 4.72 Å². The van der Waals surface area contributed by atoms with Crippen molar-refractivity contribution in [1.82, 2.24) is 9.03 Å². The van der Waals surface area contributed by atoms with Gasteiger partial charge in [0.1, 0.15) is 0 Å². The molecule has 0 unspecified atom stereocenters. The average Bonchev–Trinajstić information content (AvgIpc) is 2.79. The third-order valence-electron chi connectivity index (χ3n) is 3.59. The van der Waals surface area contributed by atoms with Crippen LogP contribution in [0.15, 0.2) is 24.3 Å². The molecule has 1 amide bonds. The Morgan fingerprint density at radius 1 is 1.29 bits per heavy atom. The van der Waals surface area contributed by atoms with E-state index in [2.05, 4.69) is 4.72 Å². The van der Waals surface area contributed by atoms with Gasteiger partial charge in [-0.15, -0.1) is 0 Å². The molecule has 0 radical (unpaired) electrons. The van der Waals surface area contributed by atoms with E-state index in [1.165, 1.54) is 14.1 Å². The summed E-state index contributed by atoms with van der Waals surface area (Å²) in [6, 6.07) is 7.76. The van der Waals surface area contributed by atoms with Crippen LogP contribution >= 0.6 is 0 Å². The molecule has 2 rings (SSSR count). The molecule has 1 aliphatic rings. The summed E-state index contributed by atoms with van der Waals surface area (Å²) in [5.74, 6) is 0.0291. The lowest BCUT2D eigenvalue weighted by molar-refractivity contribution is -0.117. The first-order valence-corrected chi connectivity index (χ1v) is 8.28. The number of nitrogens with one attached hydrogen (secondary N) is 1. The minimum Gasteiger partial charge on any atom is -0.312 e. The average molecular weight is 311 g/mol. The number of anilines is 1. The van der Waals surface area contributed by atoms with Crippen LogP contribution in [0, 0.1) is 12.8 Å². The molecule has 0 spiro atoms. The normalized spacial score (nSPS) is 19.5. The second-order valence-electron chi connectivity index (χ2n) is 5.55. The van der Waals surface area contributed by atoms with Crippen LogP contribution in [0.25, 0.3) is 0 Å². The fourth-order valence-electron chi connectivity index (χ4n) is 2.24. The van der Waals surface area contributed by atoms with Gasteiger partial charge in [-0.1, -0.05) is 17.7 Å². The Hall–Kier alpha value is -1.44. The van der Waals surface area contributed by atoms with Crippen LogP contribution in [-0.4, -0.2) is 45.8 Å². The Labute approximate surface area is 125 Å². The largest absolute Gasteiger partial charge is 0.312 e. The number of carbonyl (C=O) groups excluding carboxylic acids is 1. The molecule has 0 aromatic heterocycles. The summed E-state index contributed by atoms with van der Waals surface area (Å²) in [5, 5.41) is 0. The van der Waals surface area contributed by atoms with Crippen molar-refractivity contribution >= 4 is 21.8 Å². The Bertz CT molecular complexity index is 611. The standard InChI is InChI=1S/C14H21N3O3S/c1-11-4-6-13(7-5-11)17-10-12(8-14(17)18)9-15-21(19,20)16(2)3/h4-7,12,15H,8-10H2,1-3H3/t12-/m1/s1. The van der Waals surface area contributed by atoms with Crippen LogP contribution < -0.4 is 9.62 Å². The van der Waals surface area contributed by atoms with Crippen molar-refractivity contribution in [3.8, 4) is 0 Å². The van der Waals surface area contributed by atoms with E-state index >= 15 is 0 Å². The molecule has 1 heterocycles. The van der Waals surface area contributed by atoms with Crippen molar-refractivity contribution < 1.29 is 13.2 Å². The fraction of sp³-hybridized carbons (Fsp3) is 0.500. The molecule has 0 bridgehead atoms. The van der Waals surface area contributed by atoms with Crippen LogP contribution in [0.4, 0.5) is 5.69 Å². The number of nitrogens with zero attached hydrogens (tertiary/aromatic N) is 2. The number of carbonyl (C=O) groups is 1. The molecule has 1 aromatic rings. The molecular weight excluding hydrogens is 290 g/mol. The lowest BCUT2D eigenvalue weighted by Gasteiger charge is -2.18. The van der Waals surface area contributed by atoms with Gasteiger partial charge in [0, 0.05) is 39.3 Å². The van der Waals surface area contributed by atoms with Gasteiger partial charge < -0.3 is 4.90 Å². The third-order valence-corrected chi connectivity index (χ3v) is 5.08. The molecule has 1 aliphatic heterocycles. The van der Waals surface area contributed by atoms with E-state index in [1.807, 2.05) is 31.2 Å². The zero-order valence-corrected chi connectivity index (χ0v) is 13.4. The maximum absolute atomic E-state index is 12.1. The number of aryl methyl sites for hydroxylation is 1. The molecular formula is C14H21N3O3S. The highest BCUT2D eigenvalue weighted by atomic mass is 32.2. The SMILES string of the molecule is Cc1ccc(N2C[C@@H](CNS(=O)(=O)N(C)C)CC2=O)cc1. The summed E-state index contributed by atoms with van der Waals surface area (Å²) in [7, 11) is -0.491. The van der Waals surface area contributed by atoms with E-state index in [9.17, 15) is 13.2 Å². The smallest absolute Gasteiger partial charge is 0.278 e. The number of hydrogen-bond acceptors (Lipinski definition) is 3. The molecule has 0 aliphatic carbocycles. The molecule has 1 fully saturated rings. The quantitative estimate of drug-likeness (QED) is 0.872. The zero-order chi connectivity index (χ0) is 15.6. The van der Waals surface area contributed by atoms with E-state index in [1.54, 1.807) is 4.90 Å². The van der Waals surface area contributed by atoms with Crippen LogP contribution in [0.1, 0.15) is 12.0 Å². The summed E-state index contributed by atoms with van der Waals surface area (Å²) in [4.78, 5) is 13.8. The van der Waals surface area contributed by atoms with E-state index < -0.39 is 10.2 Å². The molecule has 1 N–H and O–H groups in total. The van der Waals surface area contributed by atoms with Crippen molar-refractivity contribution in [1.29, 1.82) is 0 Å². The minimum atomic E-state index is -3.44. The Morgan fingerprint density at radius 2 is 1.90 bits per heavy atom. The van der Waals surface area contributed by atoms with E-state index in [0.29, 0.717) is 13.0 Å². The summed E-state index contributed by atoms with van der Waals surface area (Å²) in [6.45, 7) is 2.81. The second kappa shape index (κ2) is 6.13. The lowest BCUT2D eigenvalue weighted by atomic mass is 10.1. The molecule has 1 atom stereocenters. The Morgan fingerprint density at radius 3 is 2.48 bits per heavy atom. The van der Waals surface area contributed by atoms with Gasteiger partial charge in [0.25, 0.3) is 10.2 Å². The highest BCUT2D eigenvalue weighted by Gasteiger charge is 2.31. The third kappa shape index (κ3) is 3.81. The molecule has 21 heavy (non-hydrogen) atoms. The summed E-state index contributed by atoms with van der Waals surface area (Å²) in [5.41, 5.74) is 2.00. The van der Waals surface area contributed by atoms with Gasteiger partial charge in [-0.05, 0) is 25.0 Å². The van der Waals surface area contributed by atoms with Crippen molar-refractivity contribution in [3.05, 3.63) is 29.8 Å². The molecule has 1 saturated heterocycles. The molecule has 0 saturated carbocycles. The number of amides is 1. The van der Waals surface area contributed by atoms with Crippen molar-refractivity contribution in [2.75, 3.05) is 32.1 Å². The highest BCUT2D eigenvalue weighted by molar-refractivity contribution is 7.87. The number of rotatable bonds is 5. The summed E-state index contributed by atoms with van der Waals surface area (Å²) >= 11 is 0. The number of hydrogen-bond donors (Lipinski definition) is 1. The van der Waals surface area contributed by atoms with Gasteiger partial charge in [0.15, 0.2) is 0 Å². The van der Waals surface area contributed by atoms with Crippen LogP contribution in [0.2, 0.25) is 0 Å². The maximum atomic E-state index is 12.1. The highest BCUT2D eigenvalue weighted by Crippen LogP contribution is 2.25. The van der Waals surface area contributed by atoms with E-state index in [0.717, 1.165) is 15.6 Å². The minimum absolute atomic E-state index is 0.00599. The monoisotopic (exact) mass is 311 g/mol. The van der Waals surface area contributed by atoms with E-state index in [-0.39, 0.29) is 18.4 Å². The lowest BCUT2D eigenvalue weighted by Crippen LogP contribution is -2.38. The van der Waals surface area contributed by atoms with Crippen LogP contribution in [0.5, 0.6) is 0 Å². The Balaban J connectivity index is 1.98. The number of benzene rings is 1. The van der Waals surface area contributed by atoms with Gasteiger partial charge in [-0.2, -0.15) is 12.7 Å². The predicted octanol–water partition coefficient (Wildman–Crippen LogP) is 0.744. The molecule has 6 nitrogen and oxygen atoms in total. The van der Waals surface area contributed by atoms with Crippen molar-refractivity contribution in [2.45, 2.75) is 13.3 Å². The fourth-order valence-corrected chi connectivity index (χ4v) is 2.95. The first-order chi connectivity index (χ1) is 9.79. The topological polar surface area (TPSA) is 69.7 Å². The van der Waals surface area contributed by atoms with Crippen molar-refractivity contribution in [2.24, 2.45) is 5.92 Å². The summed E-state index contributed by atoms with van der Waals surface area (Å²) in [6.07, 6.45) is 0.365. The van der Waals surface area contributed by atoms with Crippen molar-refractivity contribution in [3.63, 3.8) is 0 Å². The van der Waals surface area contributed by atoms with Crippen LogP contribution in [0.3, 0.4) is 0 Å². The summed E-state index contributed by atoms with van der Waals surface area (Å²) < 4.78 is 27.0. The van der Waals surface area contributed by atoms with E-state index in [4.69, 9.17) is 0 Å². The zero-order valence-electron chi connectivity index (χ0n) is 12.5. The van der Waals surface area contributed by atoms with Gasteiger partial charge in [0.05, 0.1) is 0 Å². The van der Waals surface area contributed by atoms with Gasteiger partial charge >= 0.3 is 0 Å². The van der Waals surface area contributed by atoms with Gasteiger partial charge in [0.2, 0.25) is 5.91 Å². The molecule has 7 heteroatoms. The molecule has 116 valence electrons. The Kier molecular flexibility index (Phi) is 4.65. The second-order valence-corrected chi connectivity index (χ2v) is 7.52. The predicted molar refractivity (Wildman–Crippen MR) is 82.2 cm³/mol. The molecule has 1 aromatic carbocycles.